The summed E-state index contributed by atoms with van der Waals surface area (Å²) in [4.78, 5) is 27.3. The standard InChI is InChI=1S/C14H15N3O2/c1-17(2)12-6-3-10(4-7-12)14(19)16-11-5-8-13(18)15-9-11/h3-9H,1-2H3,(H,15,18)(H,16,19). The van der Waals surface area contributed by atoms with Crippen LogP contribution in [0.2, 0.25) is 0 Å². The summed E-state index contributed by atoms with van der Waals surface area (Å²) >= 11 is 0. The normalized spacial score (nSPS) is 10.0. The van der Waals surface area contributed by atoms with Crippen LogP contribution in [-0.2, 0) is 0 Å². The van der Waals surface area contributed by atoms with Gasteiger partial charge in [-0.05, 0) is 30.3 Å². The van der Waals surface area contributed by atoms with Crippen molar-refractivity contribution in [3.05, 3.63) is 58.5 Å². The number of hydrogen-bond donors (Lipinski definition) is 2. The summed E-state index contributed by atoms with van der Waals surface area (Å²) in [5.41, 5.74) is 1.95. The average molecular weight is 257 g/mol. The van der Waals surface area contributed by atoms with Crippen LogP contribution in [-0.4, -0.2) is 25.0 Å². The number of anilines is 2. The first-order valence-corrected chi connectivity index (χ1v) is 5.84. The van der Waals surface area contributed by atoms with Crippen molar-refractivity contribution in [2.45, 2.75) is 0 Å². The highest BCUT2D eigenvalue weighted by Crippen LogP contribution is 2.13. The Hall–Kier alpha value is -2.56. The van der Waals surface area contributed by atoms with Crippen LogP contribution < -0.4 is 15.8 Å². The van der Waals surface area contributed by atoms with E-state index < -0.39 is 0 Å². The number of carbonyl (C=O) groups is 1. The molecule has 2 rings (SSSR count). The summed E-state index contributed by atoms with van der Waals surface area (Å²) in [5.74, 6) is -0.211. The summed E-state index contributed by atoms with van der Waals surface area (Å²) in [7, 11) is 3.88. The minimum absolute atomic E-state index is 0.201. The number of nitrogens with one attached hydrogen (secondary N) is 2. The molecular weight excluding hydrogens is 242 g/mol. The Morgan fingerprint density at radius 1 is 1.11 bits per heavy atom. The van der Waals surface area contributed by atoms with E-state index in [9.17, 15) is 9.59 Å². The lowest BCUT2D eigenvalue weighted by molar-refractivity contribution is 0.102. The number of nitrogens with zero attached hydrogens (tertiary/aromatic N) is 1. The van der Waals surface area contributed by atoms with Crippen LogP contribution in [0.15, 0.2) is 47.4 Å². The fraction of sp³-hybridized carbons (Fsp3) is 0.143. The lowest BCUT2D eigenvalue weighted by Gasteiger charge is -2.12. The van der Waals surface area contributed by atoms with Crippen LogP contribution in [0.1, 0.15) is 10.4 Å². The Morgan fingerprint density at radius 2 is 1.79 bits per heavy atom. The van der Waals surface area contributed by atoms with Crippen molar-refractivity contribution in [3.8, 4) is 0 Å². The van der Waals surface area contributed by atoms with Crippen molar-refractivity contribution in [2.75, 3.05) is 24.3 Å². The van der Waals surface area contributed by atoms with Crippen molar-refractivity contribution in [1.82, 2.24) is 4.98 Å². The van der Waals surface area contributed by atoms with Gasteiger partial charge in [0.05, 0.1) is 5.69 Å². The van der Waals surface area contributed by atoms with E-state index in [1.807, 2.05) is 31.1 Å². The number of rotatable bonds is 3. The van der Waals surface area contributed by atoms with E-state index in [-0.39, 0.29) is 11.5 Å². The Bertz CT molecular complexity index is 609. The first kappa shape index (κ1) is 12.9. The van der Waals surface area contributed by atoms with Gasteiger partial charge in [-0.3, -0.25) is 9.59 Å². The molecule has 2 aromatic rings. The molecular formula is C14H15N3O2. The second kappa shape index (κ2) is 5.39. The lowest BCUT2D eigenvalue weighted by Crippen LogP contribution is -2.14. The SMILES string of the molecule is CN(C)c1ccc(C(=O)Nc2ccc(=O)[nH]c2)cc1. The molecule has 0 atom stereocenters. The van der Waals surface area contributed by atoms with Crippen LogP contribution in [0, 0.1) is 0 Å². The Balaban J connectivity index is 2.11. The molecule has 0 bridgehead atoms. The van der Waals surface area contributed by atoms with Gasteiger partial charge in [0, 0.05) is 37.6 Å². The van der Waals surface area contributed by atoms with Crippen molar-refractivity contribution in [3.63, 3.8) is 0 Å². The molecule has 0 aliphatic rings. The van der Waals surface area contributed by atoms with E-state index in [2.05, 4.69) is 10.3 Å². The molecule has 0 spiro atoms. The number of benzene rings is 1. The summed E-state index contributed by atoms with van der Waals surface area (Å²) in [6.45, 7) is 0. The lowest BCUT2D eigenvalue weighted by atomic mass is 10.2. The van der Waals surface area contributed by atoms with Crippen molar-refractivity contribution in [1.29, 1.82) is 0 Å². The largest absolute Gasteiger partial charge is 0.378 e. The quantitative estimate of drug-likeness (QED) is 0.879. The fourth-order valence-corrected chi connectivity index (χ4v) is 1.60. The van der Waals surface area contributed by atoms with Gasteiger partial charge in [0.25, 0.3) is 5.91 Å². The van der Waals surface area contributed by atoms with Gasteiger partial charge in [-0.2, -0.15) is 0 Å². The second-order valence-electron chi connectivity index (χ2n) is 4.34. The first-order valence-electron chi connectivity index (χ1n) is 5.84. The molecule has 0 saturated heterocycles. The topological polar surface area (TPSA) is 65.2 Å². The highest BCUT2D eigenvalue weighted by atomic mass is 16.1. The number of hydrogen-bond acceptors (Lipinski definition) is 3. The van der Waals surface area contributed by atoms with E-state index in [0.717, 1.165) is 5.69 Å². The van der Waals surface area contributed by atoms with Gasteiger partial charge in [0.1, 0.15) is 0 Å². The van der Waals surface area contributed by atoms with Crippen LogP contribution >= 0.6 is 0 Å². The average Bonchev–Trinajstić information content (AvgIpc) is 2.41. The van der Waals surface area contributed by atoms with Crippen LogP contribution in [0.5, 0.6) is 0 Å². The predicted octanol–water partition coefficient (Wildman–Crippen LogP) is 1.69. The fourth-order valence-electron chi connectivity index (χ4n) is 1.60. The van der Waals surface area contributed by atoms with Crippen LogP contribution in [0.4, 0.5) is 11.4 Å². The third-order valence-corrected chi connectivity index (χ3v) is 2.69. The van der Waals surface area contributed by atoms with Gasteiger partial charge in [-0.25, -0.2) is 0 Å². The van der Waals surface area contributed by atoms with Gasteiger partial charge in [0.2, 0.25) is 5.56 Å². The molecule has 98 valence electrons. The van der Waals surface area contributed by atoms with Crippen LogP contribution in [0.25, 0.3) is 0 Å². The van der Waals surface area contributed by atoms with Crippen molar-refractivity contribution >= 4 is 17.3 Å². The van der Waals surface area contributed by atoms with Gasteiger partial charge in [-0.1, -0.05) is 0 Å². The molecule has 0 fully saturated rings. The number of pyridine rings is 1. The molecule has 1 aromatic heterocycles. The maximum atomic E-state index is 12.0. The summed E-state index contributed by atoms with van der Waals surface area (Å²) in [6, 6.07) is 10.2. The zero-order valence-corrected chi connectivity index (χ0v) is 10.8. The van der Waals surface area contributed by atoms with Gasteiger partial charge < -0.3 is 15.2 Å². The second-order valence-corrected chi connectivity index (χ2v) is 4.34. The molecule has 0 saturated carbocycles. The molecule has 5 heteroatoms. The van der Waals surface area contributed by atoms with Gasteiger partial charge >= 0.3 is 0 Å². The number of carbonyl (C=O) groups excluding carboxylic acids is 1. The van der Waals surface area contributed by atoms with E-state index in [4.69, 9.17) is 0 Å². The molecule has 0 aliphatic carbocycles. The number of amides is 1. The molecule has 1 amide bonds. The smallest absolute Gasteiger partial charge is 0.255 e. The van der Waals surface area contributed by atoms with Crippen LogP contribution in [0.3, 0.4) is 0 Å². The maximum absolute atomic E-state index is 12.0. The number of aromatic amines is 1. The Labute approximate surface area is 110 Å². The molecule has 0 radical (unpaired) electrons. The molecule has 1 heterocycles. The molecule has 1 aromatic carbocycles. The molecule has 0 aliphatic heterocycles. The van der Waals surface area contributed by atoms with E-state index in [1.165, 1.54) is 12.3 Å². The predicted molar refractivity (Wildman–Crippen MR) is 75.8 cm³/mol. The molecule has 5 nitrogen and oxygen atoms in total. The van der Waals surface area contributed by atoms with E-state index in [1.54, 1.807) is 18.2 Å². The van der Waals surface area contributed by atoms with Crippen molar-refractivity contribution in [2.24, 2.45) is 0 Å². The van der Waals surface area contributed by atoms with Gasteiger partial charge in [-0.15, -0.1) is 0 Å². The van der Waals surface area contributed by atoms with Crippen molar-refractivity contribution < 1.29 is 4.79 Å². The minimum Gasteiger partial charge on any atom is -0.378 e. The molecule has 19 heavy (non-hydrogen) atoms. The Kier molecular flexibility index (Phi) is 3.66. The first-order chi connectivity index (χ1) is 9.06. The summed E-state index contributed by atoms with van der Waals surface area (Å²) in [5, 5.41) is 2.71. The molecule has 2 N–H and O–H groups in total. The Morgan fingerprint density at radius 3 is 2.32 bits per heavy atom. The number of aromatic nitrogens is 1. The van der Waals surface area contributed by atoms with E-state index in [0.29, 0.717) is 11.3 Å². The summed E-state index contributed by atoms with van der Waals surface area (Å²) in [6.07, 6.45) is 1.47. The monoisotopic (exact) mass is 257 g/mol. The minimum atomic E-state index is -0.211. The highest BCUT2D eigenvalue weighted by Gasteiger charge is 2.06. The zero-order chi connectivity index (χ0) is 13.8. The van der Waals surface area contributed by atoms with E-state index >= 15 is 0 Å². The summed E-state index contributed by atoms with van der Waals surface area (Å²) < 4.78 is 0. The number of H-pyrrole nitrogens is 1. The zero-order valence-electron chi connectivity index (χ0n) is 10.8. The third kappa shape index (κ3) is 3.22. The third-order valence-electron chi connectivity index (χ3n) is 2.69. The highest BCUT2D eigenvalue weighted by molar-refractivity contribution is 6.04. The van der Waals surface area contributed by atoms with Gasteiger partial charge in [0.15, 0.2) is 0 Å². The maximum Gasteiger partial charge on any atom is 0.255 e. The molecule has 0 unspecified atom stereocenters.